The van der Waals surface area contributed by atoms with Crippen LogP contribution in [-0.4, -0.2) is 6.54 Å². The Hall–Kier alpha value is -2.51. The van der Waals surface area contributed by atoms with Crippen molar-refractivity contribution in [2.45, 2.75) is 6.04 Å². The summed E-state index contributed by atoms with van der Waals surface area (Å²) in [6.07, 6.45) is 0. The fourth-order valence-electron chi connectivity index (χ4n) is 3.40. The molecule has 1 aliphatic heterocycles. The highest BCUT2D eigenvalue weighted by Crippen LogP contribution is 2.46. The van der Waals surface area contributed by atoms with Gasteiger partial charge in [0.15, 0.2) is 0 Å². The van der Waals surface area contributed by atoms with Crippen molar-refractivity contribution < 1.29 is 0 Å². The fourth-order valence-corrected chi connectivity index (χ4v) is 3.75. The third-order valence-corrected chi connectivity index (χ3v) is 4.80. The maximum atomic E-state index is 6.74. The Morgan fingerprint density at radius 2 is 1.25 bits per heavy atom. The molecule has 0 radical (unpaired) electrons. The van der Waals surface area contributed by atoms with Gasteiger partial charge in [-0.1, -0.05) is 90.5 Å². The number of anilines is 1. The number of rotatable bonds is 3. The molecule has 2 heteroatoms. The highest BCUT2D eigenvalue weighted by Gasteiger charge is 2.34. The summed E-state index contributed by atoms with van der Waals surface area (Å²) in [5, 5.41) is 0.916. The van der Waals surface area contributed by atoms with Gasteiger partial charge in [0.05, 0.1) is 12.6 Å². The van der Waals surface area contributed by atoms with Gasteiger partial charge in [-0.25, -0.2) is 0 Å². The van der Waals surface area contributed by atoms with Gasteiger partial charge in [-0.15, -0.1) is 0 Å². The molecule has 1 nitrogen and oxygen atoms in total. The van der Waals surface area contributed by atoms with Crippen LogP contribution >= 0.6 is 11.6 Å². The first-order valence-corrected chi connectivity index (χ1v) is 8.53. The highest BCUT2D eigenvalue weighted by molar-refractivity contribution is 6.34. The fraction of sp³-hybridized carbons (Fsp3) is 0.0909. The minimum atomic E-state index is 0.128. The van der Waals surface area contributed by atoms with E-state index in [0.717, 1.165) is 11.6 Å². The number of para-hydroxylation sites is 1. The summed E-state index contributed by atoms with van der Waals surface area (Å²) in [6, 6.07) is 31.7. The molecule has 0 saturated heterocycles. The highest BCUT2D eigenvalue weighted by atomic mass is 35.5. The van der Waals surface area contributed by atoms with E-state index < -0.39 is 0 Å². The zero-order valence-corrected chi connectivity index (χ0v) is 14.0. The summed E-state index contributed by atoms with van der Waals surface area (Å²) in [4.78, 5) is 2.38. The van der Waals surface area contributed by atoms with Gasteiger partial charge in [0.2, 0.25) is 0 Å². The Bertz CT molecular complexity index is 841. The van der Waals surface area contributed by atoms with E-state index in [2.05, 4.69) is 83.8 Å². The van der Waals surface area contributed by atoms with Gasteiger partial charge >= 0.3 is 0 Å². The summed E-state index contributed by atoms with van der Waals surface area (Å²) < 4.78 is 0. The third-order valence-electron chi connectivity index (χ3n) is 4.47. The molecule has 3 aromatic rings. The smallest absolute Gasteiger partial charge is 0.0817 e. The standard InChI is InChI=1S/C22H18ClN/c23-20-16-24(19-14-8-3-9-15-19)22(18-12-6-2-7-13-18)21(20)17-10-4-1-5-11-17/h1-15,22H,16H2. The van der Waals surface area contributed by atoms with E-state index in [-0.39, 0.29) is 6.04 Å². The first-order valence-electron chi connectivity index (χ1n) is 8.15. The van der Waals surface area contributed by atoms with Gasteiger partial charge in [-0.3, -0.25) is 0 Å². The van der Waals surface area contributed by atoms with Gasteiger partial charge in [-0.2, -0.15) is 0 Å². The molecule has 0 aliphatic carbocycles. The van der Waals surface area contributed by atoms with Crippen molar-refractivity contribution in [1.82, 2.24) is 0 Å². The molecular formula is C22H18ClN. The molecule has 118 valence electrons. The summed E-state index contributed by atoms with van der Waals surface area (Å²) in [6.45, 7) is 0.732. The Labute approximate surface area is 147 Å². The lowest BCUT2D eigenvalue weighted by Crippen LogP contribution is -2.24. The summed E-state index contributed by atoms with van der Waals surface area (Å²) in [7, 11) is 0. The number of hydrogen-bond acceptors (Lipinski definition) is 1. The minimum Gasteiger partial charge on any atom is -0.355 e. The lowest BCUT2D eigenvalue weighted by atomic mass is 9.94. The van der Waals surface area contributed by atoms with Gasteiger partial charge in [0.1, 0.15) is 0 Å². The van der Waals surface area contributed by atoms with Gasteiger partial charge in [0, 0.05) is 16.3 Å². The lowest BCUT2D eigenvalue weighted by Gasteiger charge is -2.29. The summed E-state index contributed by atoms with van der Waals surface area (Å²) in [5.74, 6) is 0. The Morgan fingerprint density at radius 3 is 1.88 bits per heavy atom. The van der Waals surface area contributed by atoms with E-state index in [4.69, 9.17) is 11.6 Å². The van der Waals surface area contributed by atoms with Crippen molar-refractivity contribution in [2.24, 2.45) is 0 Å². The minimum absolute atomic E-state index is 0.128. The van der Waals surface area contributed by atoms with Gasteiger partial charge in [-0.05, 0) is 23.3 Å². The summed E-state index contributed by atoms with van der Waals surface area (Å²) >= 11 is 6.74. The van der Waals surface area contributed by atoms with Gasteiger partial charge < -0.3 is 4.90 Å². The van der Waals surface area contributed by atoms with Crippen LogP contribution in [0.5, 0.6) is 0 Å². The van der Waals surface area contributed by atoms with Crippen molar-refractivity contribution in [3.05, 3.63) is 107 Å². The number of hydrogen-bond donors (Lipinski definition) is 0. The van der Waals surface area contributed by atoms with E-state index >= 15 is 0 Å². The predicted molar refractivity (Wildman–Crippen MR) is 102 cm³/mol. The molecular weight excluding hydrogens is 314 g/mol. The molecule has 1 aliphatic rings. The van der Waals surface area contributed by atoms with Crippen LogP contribution in [0.3, 0.4) is 0 Å². The SMILES string of the molecule is ClC1=C(c2ccccc2)C(c2ccccc2)N(c2ccccc2)C1. The van der Waals surface area contributed by atoms with Crippen molar-refractivity contribution in [2.75, 3.05) is 11.4 Å². The van der Waals surface area contributed by atoms with Crippen LogP contribution in [0.2, 0.25) is 0 Å². The van der Waals surface area contributed by atoms with Crippen molar-refractivity contribution in [3.8, 4) is 0 Å². The maximum absolute atomic E-state index is 6.74. The van der Waals surface area contributed by atoms with E-state index in [1.807, 2.05) is 12.1 Å². The predicted octanol–water partition coefficient (Wildman–Crippen LogP) is 5.90. The van der Waals surface area contributed by atoms with Crippen molar-refractivity contribution in [1.29, 1.82) is 0 Å². The largest absolute Gasteiger partial charge is 0.355 e. The summed E-state index contributed by atoms with van der Waals surface area (Å²) in [5.41, 5.74) is 4.84. The van der Waals surface area contributed by atoms with E-state index in [0.29, 0.717) is 0 Å². The molecule has 1 atom stereocenters. The van der Waals surface area contributed by atoms with Crippen LogP contribution in [0.25, 0.3) is 5.57 Å². The average molecular weight is 332 g/mol. The van der Waals surface area contributed by atoms with Crippen LogP contribution in [0, 0.1) is 0 Å². The van der Waals surface area contributed by atoms with E-state index in [9.17, 15) is 0 Å². The van der Waals surface area contributed by atoms with Crippen LogP contribution in [0.15, 0.2) is 96.0 Å². The molecule has 1 heterocycles. The molecule has 0 N–H and O–H groups in total. The molecule has 1 unspecified atom stereocenters. The monoisotopic (exact) mass is 331 g/mol. The molecule has 0 amide bonds. The normalized spacial score (nSPS) is 17.4. The Morgan fingerprint density at radius 1 is 0.708 bits per heavy atom. The maximum Gasteiger partial charge on any atom is 0.0817 e. The second-order valence-electron chi connectivity index (χ2n) is 5.96. The first-order chi connectivity index (χ1) is 11.8. The third kappa shape index (κ3) is 2.72. The Kier molecular flexibility index (Phi) is 4.10. The second kappa shape index (κ2) is 6.54. The molecule has 0 spiro atoms. The molecule has 0 aromatic heterocycles. The molecule has 4 rings (SSSR count). The van der Waals surface area contributed by atoms with Gasteiger partial charge in [0.25, 0.3) is 0 Å². The van der Waals surface area contributed by atoms with Crippen LogP contribution in [0.1, 0.15) is 17.2 Å². The number of halogens is 1. The number of nitrogens with zero attached hydrogens (tertiary/aromatic N) is 1. The van der Waals surface area contributed by atoms with Crippen LogP contribution in [0.4, 0.5) is 5.69 Å². The molecule has 0 fully saturated rings. The average Bonchev–Trinajstić information content (AvgIpc) is 3.01. The lowest BCUT2D eigenvalue weighted by molar-refractivity contribution is 0.824. The quantitative estimate of drug-likeness (QED) is 0.577. The molecule has 3 aromatic carbocycles. The van der Waals surface area contributed by atoms with Crippen molar-refractivity contribution >= 4 is 22.9 Å². The molecule has 0 saturated carbocycles. The number of benzene rings is 3. The zero-order chi connectivity index (χ0) is 16.4. The van der Waals surface area contributed by atoms with Crippen molar-refractivity contribution in [3.63, 3.8) is 0 Å². The topological polar surface area (TPSA) is 3.24 Å². The van der Waals surface area contributed by atoms with Crippen LogP contribution < -0.4 is 4.90 Å². The zero-order valence-electron chi connectivity index (χ0n) is 13.3. The Balaban J connectivity index is 1.85. The van der Waals surface area contributed by atoms with Crippen LogP contribution in [-0.2, 0) is 0 Å². The second-order valence-corrected chi connectivity index (χ2v) is 6.42. The first kappa shape index (κ1) is 15.0. The molecule has 24 heavy (non-hydrogen) atoms. The molecule has 0 bridgehead atoms. The van der Waals surface area contributed by atoms with E-state index in [1.54, 1.807) is 0 Å². The van der Waals surface area contributed by atoms with E-state index in [1.165, 1.54) is 22.4 Å².